The van der Waals surface area contributed by atoms with Crippen molar-refractivity contribution in [3.8, 4) is 0 Å². The highest BCUT2D eigenvalue weighted by Crippen LogP contribution is 2.29. The molecule has 0 atom stereocenters. The molecule has 0 unspecified atom stereocenters. The van der Waals surface area contributed by atoms with E-state index in [0.29, 0.717) is 18.2 Å². The molecule has 5 nitrogen and oxygen atoms in total. The van der Waals surface area contributed by atoms with E-state index >= 15 is 0 Å². The Morgan fingerprint density at radius 1 is 1.19 bits per heavy atom. The van der Waals surface area contributed by atoms with E-state index in [1.807, 2.05) is 43.3 Å². The van der Waals surface area contributed by atoms with Crippen molar-refractivity contribution in [2.75, 3.05) is 48.4 Å². The lowest BCUT2D eigenvalue weighted by atomic mass is 10.2. The summed E-state index contributed by atoms with van der Waals surface area (Å²) in [7, 11) is 0. The predicted molar refractivity (Wildman–Crippen MR) is 115 cm³/mol. The van der Waals surface area contributed by atoms with Crippen LogP contribution in [-0.4, -0.2) is 38.8 Å². The quantitative estimate of drug-likeness (QED) is 0.625. The van der Waals surface area contributed by atoms with Gasteiger partial charge in [0, 0.05) is 27.4 Å². The minimum absolute atomic E-state index is 0.0952. The van der Waals surface area contributed by atoms with Crippen molar-refractivity contribution in [3.63, 3.8) is 0 Å². The van der Waals surface area contributed by atoms with Crippen LogP contribution in [0.1, 0.15) is 5.56 Å². The van der Waals surface area contributed by atoms with Gasteiger partial charge in [0.25, 0.3) is 0 Å². The second-order valence-electron chi connectivity index (χ2n) is 6.12. The monoisotopic (exact) mass is 485 g/mol. The topological polar surface area (TPSA) is 53.6 Å². The average Bonchev–Trinajstić information content (AvgIpc) is 2.63. The summed E-state index contributed by atoms with van der Waals surface area (Å²) in [5.41, 5.74) is 3.77. The number of carbonyl (C=O) groups excluding carboxylic acids is 1. The Morgan fingerprint density at radius 2 is 1.96 bits per heavy atom. The number of nitrogens with one attached hydrogen (secondary N) is 2. The van der Waals surface area contributed by atoms with Crippen LogP contribution in [0, 0.1) is 10.5 Å². The van der Waals surface area contributed by atoms with Gasteiger partial charge in [-0.15, -0.1) is 0 Å². The van der Waals surface area contributed by atoms with Crippen LogP contribution < -0.4 is 15.5 Å². The van der Waals surface area contributed by atoms with Gasteiger partial charge in [-0.3, -0.25) is 4.79 Å². The summed E-state index contributed by atoms with van der Waals surface area (Å²) >= 11 is 8.41. The lowest BCUT2D eigenvalue weighted by Crippen LogP contribution is -2.36. The van der Waals surface area contributed by atoms with Gasteiger partial charge in [-0.2, -0.15) is 0 Å². The van der Waals surface area contributed by atoms with Crippen LogP contribution in [0.25, 0.3) is 0 Å². The van der Waals surface area contributed by atoms with Gasteiger partial charge in [0.2, 0.25) is 5.91 Å². The second kappa shape index (κ2) is 8.92. The molecular formula is C19H21ClIN3O2. The molecule has 1 aliphatic rings. The van der Waals surface area contributed by atoms with Gasteiger partial charge in [-0.25, -0.2) is 0 Å². The van der Waals surface area contributed by atoms with Gasteiger partial charge in [-0.1, -0.05) is 11.6 Å². The lowest BCUT2D eigenvalue weighted by Gasteiger charge is -2.30. The molecule has 0 bridgehead atoms. The number of carbonyl (C=O) groups is 1. The van der Waals surface area contributed by atoms with Gasteiger partial charge < -0.3 is 20.3 Å². The summed E-state index contributed by atoms with van der Waals surface area (Å²) in [6.07, 6.45) is 0. The molecule has 1 heterocycles. The largest absolute Gasteiger partial charge is 0.378 e. The zero-order valence-corrected chi connectivity index (χ0v) is 17.4. The molecular weight excluding hydrogens is 465 g/mol. The maximum atomic E-state index is 12.4. The molecule has 2 aromatic carbocycles. The van der Waals surface area contributed by atoms with Crippen molar-refractivity contribution in [1.82, 2.24) is 0 Å². The third-order valence-corrected chi connectivity index (χ3v) is 5.12. The van der Waals surface area contributed by atoms with Crippen molar-refractivity contribution < 1.29 is 9.53 Å². The zero-order valence-electron chi connectivity index (χ0n) is 14.5. The van der Waals surface area contributed by atoms with Crippen LogP contribution in [0.5, 0.6) is 0 Å². The van der Waals surface area contributed by atoms with Crippen LogP contribution >= 0.6 is 34.2 Å². The maximum absolute atomic E-state index is 12.4. The van der Waals surface area contributed by atoms with Crippen molar-refractivity contribution >= 4 is 57.2 Å². The molecule has 2 aromatic rings. The van der Waals surface area contributed by atoms with Crippen LogP contribution in [-0.2, 0) is 9.53 Å². The first-order valence-corrected chi connectivity index (χ1v) is 9.91. The average molecular weight is 486 g/mol. The minimum Gasteiger partial charge on any atom is -0.378 e. The molecule has 1 saturated heterocycles. The van der Waals surface area contributed by atoms with Crippen molar-refractivity contribution in [3.05, 3.63) is 50.6 Å². The van der Waals surface area contributed by atoms with Crippen molar-refractivity contribution in [2.45, 2.75) is 6.92 Å². The first-order valence-electron chi connectivity index (χ1n) is 8.45. The molecule has 2 N–H and O–H groups in total. The number of hydrogen-bond donors (Lipinski definition) is 2. The number of nitrogens with zero attached hydrogens (tertiary/aromatic N) is 1. The third-order valence-electron chi connectivity index (χ3n) is 4.21. The molecule has 0 saturated carbocycles. The number of rotatable bonds is 5. The van der Waals surface area contributed by atoms with Crippen LogP contribution in [0.15, 0.2) is 36.4 Å². The number of amides is 1. The van der Waals surface area contributed by atoms with Crippen LogP contribution in [0.3, 0.4) is 0 Å². The lowest BCUT2D eigenvalue weighted by molar-refractivity contribution is -0.114. The van der Waals surface area contributed by atoms with Crippen molar-refractivity contribution in [2.24, 2.45) is 0 Å². The first kappa shape index (κ1) is 19.3. The van der Waals surface area contributed by atoms with E-state index in [9.17, 15) is 4.79 Å². The van der Waals surface area contributed by atoms with E-state index < -0.39 is 0 Å². The Balaban J connectivity index is 1.66. The molecule has 138 valence electrons. The summed E-state index contributed by atoms with van der Waals surface area (Å²) in [6.45, 7) is 5.21. The molecule has 0 radical (unpaired) electrons. The van der Waals surface area contributed by atoms with Gasteiger partial charge in [0.05, 0.1) is 31.1 Å². The number of ether oxygens (including phenoxy) is 1. The smallest absolute Gasteiger partial charge is 0.243 e. The van der Waals surface area contributed by atoms with Crippen molar-refractivity contribution in [1.29, 1.82) is 0 Å². The highest BCUT2D eigenvalue weighted by molar-refractivity contribution is 14.1. The number of hydrogen-bond acceptors (Lipinski definition) is 4. The van der Waals surface area contributed by atoms with E-state index in [0.717, 1.165) is 39.3 Å². The molecule has 1 aliphatic heterocycles. The molecule has 0 spiro atoms. The van der Waals surface area contributed by atoms with E-state index in [4.69, 9.17) is 16.3 Å². The molecule has 1 fully saturated rings. The normalized spacial score (nSPS) is 14.2. The van der Waals surface area contributed by atoms with Crippen LogP contribution in [0.2, 0.25) is 5.02 Å². The Kier molecular flexibility index (Phi) is 6.61. The van der Waals surface area contributed by atoms with Gasteiger partial charge in [0.1, 0.15) is 0 Å². The Hall–Kier alpha value is -1.51. The van der Waals surface area contributed by atoms with Crippen LogP contribution in [0.4, 0.5) is 17.1 Å². The number of benzene rings is 2. The first-order chi connectivity index (χ1) is 12.5. The maximum Gasteiger partial charge on any atom is 0.243 e. The van der Waals surface area contributed by atoms with E-state index in [1.165, 1.54) is 0 Å². The van der Waals surface area contributed by atoms with Gasteiger partial charge in [0.15, 0.2) is 0 Å². The summed E-state index contributed by atoms with van der Waals surface area (Å²) < 4.78 is 6.56. The van der Waals surface area contributed by atoms with Gasteiger partial charge in [-0.05, 0) is 71.5 Å². The SMILES string of the molecule is Cc1cc(I)ccc1NC(=O)CNc1cc(Cl)ccc1N1CCOCC1. The number of anilines is 3. The van der Waals surface area contributed by atoms with E-state index in [1.54, 1.807) is 0 Å². The number of halogens is 2. The summed E-state index contributed by atoms with van der Waals surface area (Å²) in [5, 5.41) is 6.81. The molecule has 7 heteroatoms. The summed E-state index contributed by atoms with van der Waals surface area (Å²) in [6, 6.07) is 11.6. The molecule has 0 aliphatic carbocycles. The Bertz CT molecular complexity index is 794. The summed E-state index contributed by atoms with van der Waals surface area (Å²) in [5.74, 6) is -0.0952. The minimum atomic E-state index is -0.0952. The predicted octanol–water partition coefficient (Wildman–Crippen LogP) is 4.14. The molecule has 3 rings (SSSR count). The fourth-order valence-corrected chi connectivity index (χ4v) is 3.69. The van der Waals surface area contributed by atoms with E-state index in [-0.39, 0.29) is 12.5 Å². The number of aryl methyl sites for hydroxylation is 1. The Morgan fingerprint density at radius 3 is 2.69 bits per heavy atom. The summed E-state index contributed by atoms with van der Waals surface area (Å²) in [4.78, 5) is 14.6. The standard InChI is InChI=1S/C19H21ClIN3O2/c1-13-10-15(21)3-4-16(13)23-19(25)12-22-17-11-14(20)2-5-18(17)24-6-8-26-9-7-24/h2-5,10-11,22H,6-9,12H2,1H3,(H,23,25). The Labute approximate surface area is 172 Å². The molecule has 0 aromatic heterocycles. The highest BCUT2D eigenvalue weighted by Gasteiger charge is 2.16. The molecule has 1 amide bonds. The fraction of sp³-hybridized carbons (Fsp3) is 0.316. The molecule has 26 heavy (non-hydrogen) atoms. The van der Waals surface area contributed by atoms with Gasteiger partial charge >= 0.3 is 0 Å². The second-order valence-corrected chi connectivity index (χ2v) is 7.80. The fourth-order valence-electron chi connectivity index (χ4n) is 2.87. The zero-order chi connectivity index (χ0) is 18.5. The van der Waals surface area contributed by atoms with E-state index in [2.05, 4.69) is 38.1 Å². The highest BCUT2D eigenvalue weighted by atomic mass is 127. The third kappa shape index (κ3) is 5.02. The number of morpholine rings is 1.